The van der Waals surface area contributed by atoms with Gasteiger partial charge in [0.05, 0.1) is 0 Å². The summed E-state index contributed by atoms with van der Waals surface area (Å²) >= 11 is 12.4. The van der Waals surface area contributed by atoms with E-state index in [9.17, 15) is 0 Å². The molecule has 1 aliphatic carbocycles. The lowest BCUT2D eigenvalue weighted by molar-refractivity contribution is 0.396. The number of aryl methyl sites for hydroxylation is 1. The molecule has 1 atom stereocenters. The van der Waals surface area contributed by atoms with E-state index in [1.165, 1.54) is 29.5 Å². The van der Waals surface area contributed by atoms with Gasteiger partial charge in [-0.05, 0) is 54.5 Å². The minimum Gasteiger partial charge on any atom is -0.126 e. The minimum absolute atomic E-state index is 0.0736. The third kappa shape index (κ3) is 2.60. The van der Waals surface area contributed by atoms with Crippen LogP contribution in [-0.2, 0) is 18.3 Å². The molecule has 0 nitrogen and oxygen atoms in total. The molecule has 0 radical (unpaired) electrons. The fourth-order valence-corrected chi connectivity index (χ4v) is 3.87. The predicted molar refractivity (Wildman–Crippen MR) is 86.9 cm³/mol. The van der Waals surface area contributed by atoms with E-state index in [0.29, 0.717) is 5.88 Å². The molecule has 0 heterocycles. The number of fused-ring (bicyclic) bond motifs is 1. The lowest BCUT2D eigenvalue weighted by Gasteiger charge is -2.38. The summed E-state index contributed by atoms with van der Waals surface area (Å²) in [5, 5.41) is 0.790. The van der Waals surface area contributed by atoms with Crippen molar-refractivity contribution in [2.75, 3.05) is 5.88 Å². The average Bonchev–Trinajstić information content (AvgIpc) is 2.50. The maximum atomic E-state index is 6.42. The van der Waals surface area contributed by atoms with Crippen LogP contribution in [-0.4, -0.2) is 5.88 Å². The van der Waals surface area contributed by atoms with E-state index in [0.717, 1.165) is 17.9 Å². The van der Waals surface area contributed by atoms with Crippen LogP contribution in [0, 0.1) is 0 Å². The van der Waals surface area contributed by atoms with Crippen LogP contribution in [0.1, 0.15) is 29.5 Å². The Kier molecular flexibility index (Phi) is 4.05. The van der Waals surface area contributed by atoms with Crippen molar-refractivity contribution in [3.05, 3.63) is 70.2 Å². The number of benzene rings is 2. The molecule has 0 aromatic heterocycles. The molecule has 0 aliphatic heterocycles. The topological polar surface area (TPSA) is 0 Å². The highest BCUT2D eigenvalue weighted by Crippen LogP contribution is 2.41. The van der Waals surface area contributed by atoms with Gasteiger partial charge in [0, 0.05) is 16.3 Å². The lowest BCUT2D eigenvalue weighted by Crippen LogP contribution is -2.35. The predicted octanol–water partition coefficient (Wildman–Crippen LogP) is 5.40. The van der Waals surface area contributed by atoms with Gasteiger partial charge < -0.3 is 0 Å². The largest absolute Gasteiger partial charge is 0.126 e. The Morgan fingerprint density at radius 3 is 2.50 bits per heavy atom. The summed E-state index contributed by atoms with van der Waals surface area (Å²) in [6.45, 7) is 0. The third-order valence-corrected chi connectivity index (χ3v) is 5.17. The number of hydrogen-bond acceptors (Lipinski definition) is 0. The smallest absolute Gasteiger partial charge is 0.0406 e. The van der Waals surface area contributed by atoms with Gasteiger partial charge in [-0.3, -0.25) is 0 Å². The zero-order valence-electron chi connectivity index (χ0n) is 11.4. The SMILES string of the molecule is ClCC1(Cc2ccc(Cl)cc2)CCCc2ccccc21. The summed E-state index contributed by atoms with van der Waals surface area (Å²) < 4.78 is 0. The van der Waals surface area contributed by atoms with Gasteiger partial charge in [-0.2, -0.15) is 0 Å². The maximum Gasteiger partial charge on any atom is 0.0406 e. The molecule has 0 bridgehead atoms. The van der Waals surface area contributed by atoms with Crippen LogP contribution >= 0.6 is 23.2 Å². The van der Waals surface area contributed by atoms with Gasteiger partial charge in [0.25, 0.3) is 0 Å². The zero-order chi connectivity index (χ0) is 14.0. The highest BCUT2D eigenvalue weighted by molar-refractivity contribution is 6.30. The molecule has 0 amide bonds. The molecule has 104 valence electrons. The van der Waals surface area contributed by atoms with E-state index in [1.807, 2.05) is 12.1 Å². The standard InChI is InChI=1S/C18H18Cl2/c19-13-18(12-14-7-9-16(20)10-8-14)11-3-5-15-4-1-2-6-17(15)18/h1-2,4,6-10H,3,5,11-13H2. The molecule has 0 fully saturated rings. The molecule has 1 aliphatic rings. The van der Waals surface area contributed by atoms with Gasteiger partial charge in [-0.15, -0.1) is 11.6 Å². The van der Waals surface area contributed by atoms with E-state index < -0.39 is 0 Å². The van der Waals surface area contributed by atoms with Crippen molar-refractivity contribution < 1.29 is 0 Å². The number of hydrogen-bond donors (Lipinski definition) is 0. The third-order valence-electron chi connectivity index (χ3n) is 4.40. The Labute approximate surface area is 130 Å². The fourth-order valence-electron chi connectivity index (χ4n) is 3.37. The van der Waals surface area contributed by atoms with Gasteiger partial charge in [0.2, 0.25) is 0 Å². The fraction of sp³-hybridized carbons (Fsp3) is 0.333. The second kappa shape index (κ2) is 5.79. The Hall–Kier alpha value is -0.980. The molecule has 3 rings (SSSR count). The first-order valence-electron chi connectivity index (χ1n) is 7.12. The van der Waals surface area contributed by atoms with E-state index in [4.69, 9.17) is 23.2 Å². The summed E-state index contributed by atoms with van der Waals surface area (Å²) in [7, 11) is 0. The summed E-state index contributed by atoms with van der Waals surface area (Å²) in [6.07, 6.45) is 4.55. The molecular weight excluding hydrogens is 287 g/mol. The lowest BCUT2D eigenvalue weighted by atomic mass is 9.68. The molecule has 2 heteroatoms. The first-order valence-corrected chi connectivity index (χ1v) is 8.04. The molecule has 2 aromatic rings. The molecule has 0 N–H and O–H groups in total. The van der Waals surface area contributed by atoms with Crippen molar-refractivity contribution in [3.63, 3.8) is 0 Å². The van der Waals surface area contributed by atoms with Crippen molar-refractivity contribution in [2.45, 2.75) is 31.1 Å². The first-order chi connectivity index (χ1) is 9.73. The Morgan fingerprint density at radius 1 is 1.00 bits per heavy atom. The molecule has 0 saturated carbocycles. The van der Waals surface area contributed by atoms with Crippen LogP contribution in [0.2, 0.25) is 5.02 Å². The van der Waals surface area contributed by atoms with Gasteiger partial charge in [-0.1, -0.05) is 48.0 Å². The van der Waals surface area contributed by atoms with Crippen molar-refractivity contribution in [3.8, 4) is 0 Å². The monoisotopic (exact) mass is 304 g/mol. The van der Waals surface area contributed by atoms with Crippen LogP contribution in [0.25, 0.3) is 0 Å². The van der Waals surface area contributed by atoms with Crippen LogP contribution in [0.15, 0.2) is 48.5 Å². The quantitative estimate of drug-likeness (QED) is 0.666. The Morgan fingerprint density at radius 2 is 1.75 bits per heavy atom. The average molecular weight is 305 g/mol. The van der Waals surface area contributed by atoms with Crippen LogP contribution in [0.5, 0.6) is 0 Å². The zero-order valence-corrected chi connectivity index (χ0v) is 12.9. The normalized spacial score (nSPS) is 21.5. The molecule has 0 saturated heterocycles. The van der Waals surface area contributed by atoms with E-state index in [1.54, 1.807) is 0 Å². The number of alkyl halides is 1. The van der Waals surface area contributed by atoms with Crippen molar-refractivity contribution >= 4 is 23.2 Å². The summed E-state index contributed by atoms with van der Waals surface area (Å²) in [5.74, 6) is 0.673. The summed E-state index contributed by atoms with van der Waals surface area (Å²) in [5.41, 5.74) is 4.29. The maximum absolute atomic E-state index is 6.42. The summed E-state index contributed by atoms with van der Waals surface area (Å²) in [4.78, 5) is 0. The molecule has 2 aromatic carbocycles. The minimum atomic E-state index is 0.0736. The molecular formula is C18H18Cl2. The highest BCUT2D eigenvalue weighted by atomic mass is 35.5. The first kappa shape index (κ1) is 14.0. The van der Waals surface area contributed by atoms with Crippen molar-refractivity contribution in [2.24, 2.45) is 0 Å². The van der Waals surface area contributed by atoms with Gasteiger partial charge in [-0.25, -0.2) is 0 Å². The van der Waals surface area contributed by atoms with Crippen LogP contribution in [0.4, 0.5) is 0 Å². The van der Waals surface area contributed by atoms with Gasteiger partial charge >= 0.3 is 0 Å². The van der Waals surface area contributed by atoms with E-state index >= 15 is 0 Å². The number of rotatable bonds is 3. The molecule has 20 heavy (non-hydrogen) atoms. The highest BCUT2D eigenvalue weighted by Gasteiger charge is 2.35. The summed E-state index contributed by atoms with van der Waals surface area (Å²) in [6, 6.07) is 16.9. The Bertz CT molecular complexity index is 589. The number of halogens is 2. The van der Waals surface area contributed by atoms with E-state index in [-0.39, 0.29) is 5.41 Å². The van der Waals surface area contributed by atoms with E-state index in [2.05, 4.69) is 36.4 Å². The van der Waals surface area contributed by atoms with Crippen molar-refractivity contribution in [1.29, 1.82) is 0 Å². The van der Waals surface area contributed by atoms with Gasteiger partial charge in [0.1, 0.15) is 0 Å². The second-order valence-electron chi connectivity index (χ2n) is 5.73. The van der Waals surface area contributed by atoms with Crippen LogP contribution < -0.4 is 0 Å². The van der Waals surface area contributed by atoms with Crippen molar-refractivity contribution in [1.82, 2.24) is 0 Å². The Balaban J connectivity index is 1.98. The van der Waals surface area contributed by atoms with Gasteiger partial charge in [0.15, 0.2) is 0 Å². The molecule has 1 unspecified atom stereocenters. The second-order valence-corrected chi connectivity index (χ2v) is 6.43. The molecule has 0 spiro atoms. The van der Waals surface area contributed by atoms with Crippen LogP contribution in [0.3, 0.4) is 0 Å².